The molecule has 0 unspecified atom stereocenters. The van der Waals surface area contributed by atoms with Crippen LogP contribution in [-0.4, -0.2) is 49.0 Å². The third kappa shape index (κ3) is 6.96. The van der Waals surface area contributed by atoms with E-state index < -0.39 is 0 Å². The number of ether oxygens (including phenoxy) is 2. The van der Waals surface area contributed by atoms with Gasteiger partial charge in [-0.2, -0.15) is 0 Å². The fraction of sp³-hybridized carbons (Fsp3) is 0.424. The molecule has 5 heteroatoms. The number of carbonyl (C=O) groups is 1. The van der Waals surface area contributed by atoms with Crippen LogP contribution in [0.25, 0.3) is 0 Å². The van der Waals surface area contributed by atoms with Crippen LogP contribution in [0.3, 0.4) is 0 Å². The second kappa shape index (κ2) is 13.0. The number of piperidine rings is 2. The van der Waals surface area contributed by atoms with Gasteiger partial charge in [0.1, 0.15) is 6.61 Å². The fourth-order valence-electron chi connectivity index (χ4n) is 5.89. The molecule has 5 rings (SSSR count). The van der Waals surface area contributed by atoms with Crippen molar-refractivity contribution in [2.24, 2.45) is 11.8 Å². The van der Waals surface area contributed by atoms with E-state index in [1.165, 1.54) is 11.1 Å². The largest absolute Gasteiger partial charge is 0.493 e. The van der Waals surface area contributed by atoms with Gasteiger partial charge in [0.2, 0.25) is 5.91 Å². The van der Waals surface area contributed by atoms with Crippen molar-refractivity contribution in [3.05, 3.63) is 95.6 Å². The van der Waals surface area contributed by atoms with Crippen molar-refractivity contribution < 1.29 is 14.3 Å². The summed E-state index contributed by atoms with van der Waals surface area (Å²) in [6.07, 6.45) is 5.40. The van der Waals surface area contributed by atoms with Crippen LogP contribution in [0.1, 0.15) is 42.4 Å². The summed E-state index contributed by atoms with van der Waals surface area (Å²) >= 11 is 0. The molecule has 200 valence electrons. The number of nitrogens with zero attached hydrogens (tertiary/aromatic N) is 2. The Bertz CT molecular complexity index is 1160. The first kappa shape index (κ1) is 26.3. The van der Waals surface area contributed by atoms with Gasteiger partial charge < -0.3 is 14.4 Å². The molecule has 0 saturated carbocycles. The number of amides is 1. The number of rotatable bonds is 9. The SMILES string of the molecule is COc1cc(CN2CCC[C@H](C(=O)N3CCC(Cc4ccccc4)CC3)C2)ccc1OCc1ccccc1. The Morgan fingerprint density at radius 3 is 2.24 bits per heavy atom. The van der Waals surface area contributed by atoms with Crippen LogP contribution in [0.15, 0.2) is 78.9 Å². The molecule has 0 spiro atoms. The summed E-state index contributed by atoms with van der Waals surface area (Å²) in [6, 6.07) is 27.1. The van der Waals surface area contributed by atoms with Crippen molar-refractivity contribution in [2.75, 3.05) is 33.3 Å². The highest BCUT2D eigenvalue weighted by molar-refractivity contribution is 5.79. The van der Waals surface area contributed by atoms with Crippen LogP contribution in [0.4, 0.5) is 0 Å². The molecule has 2 saturated heterocycles. The Morgan fingerprint density at radius 2 is 1.53 bits per heavy atom. The highest BCUT2D eigenvalue weighted by Gasteiger charge is 2.31. The molecule has 0 N–H and O–H groups in total. The summed E-state index contributed by atoms with van der Waals surface area (Å²) in [7, 11) is 1.69. The van der Waals surface area contributed by atoms with E-state index in [1.54, 1.807) is 7.11 Å². The lowest BCUT2D eigenvalue weighted by atomic mass is 9.89. The van der Waals surface area contributed by atoms with Crippen LogP contribution in [0.2, 0.25) is 0 Å². The zero-order valence-corrected chi connectivity index (χ0v) is 22.6. The van der Waals surface area contributed by atoms with E-state index >= 15 is 0 Å². The maximum absolute atomic E-state index is 13.4. The number of carbonyl (C=O) groups excluding carboxylic acids is 1. The molecule has 0 bridgehead atoms. The molecule has 1 atom stereocenters. The quantitative estimate of drug-likeness (QED) is 0.354. The van der Waals surface area contributed by atoms with Gasteiger partial charge in [-0.05, 0) is 73.4 Å². The zero-order chi connectivity index (χ0) is 26.2. The Kier molecular flexibility index (Phi) is 8.98. The number of methoxy groups -OCH3 is 1. The van der Waals surface area contributed by atoms with E-state index in [-0.39, 0.29) is 5.92 Å². The number of hydrogen-bond acceptors (Lipinski definition) is 4. The van der Waals surface area contributed by atoms with E-state index in [0.29, 0.717) is 18.4 Å². The van der Waals surface area contributed by atoms with E-state index in [4.69, 9.17) is 9.47 Å². The van der Waals surface area contributed by atoms with Gasteiger partial charge in [-0.3, -0.25) is 9.69 Å². The van der Waals surface area contributed by atoms with Crippen molar-refractivity contribution in [3.63, 3.8) is 0 Å². The highest BCUT2D eigenvalue weighted by Crippen LogP contribution is 2.31. The van der Waals surface area contributed by atoms with Crippen LogP contribution in [-0.2, 0) is 24.4 Å². The standard InChI is InChI=1S/C33H40N2O3/c1-37-32-22-29(14-15-31(32)38-25-28-11-6-3-7-12-28)23-34-18-8-13-30(24-34)33(36)35-19-16-27(17-20-35)21-26-9-4-2-5-10-26/h2-7,9-12,14-15,22,27,30H,8,13,16-21,23-25H2,1H3/t30-/m0/s1. The third-order valence-corrected chi connectivity index (χ3v) is 8.02. The van der Waals surface area contributed by atoms with Gasteiger partial charge >= 0.3 is 0 Å². The van der Waals surface area contributed by atoms with Gasteiger partial charge in [-0.15, -0.1) is 0 Å². The second-order valence-electron chi connectivity index (χ2n) is 10.8. The molecule has 3 aromatic rings. The molecule has 2 aliphatic heterocycles. The smallest absolute Gasteiger partial charge is 0.226 e. The minimum absolute atomic E-state index is 0.102. The molecule has 0 radical (unpaired) electrons. The molecular weight excluding hydrogens is 472 g/mol. The van der Waals surface area contributed by atoms with Crippen molar-refractivity contribution in [2.45, 2.75) is 45.3 Å². The predicted molar refractivity (Wildman–Crippen MR) is 151 cm³/mol. The lowest BCUT2D eigenvalue weighted by molar-refractivity contribution is -0.138. The lowest BCUT2D eigenvalue weighted by Crippen LogP contribution is -2.47. The molecule has 2 heterocycles. The third-order valence-electron chi connectivity index (χ3n) is 8.02. The van der Waals surface area contributed by atoms with Crippen molar-refractivity contribution in [1.29, 1.82) is 0 Å². The van der Waals surface area contributed by atoms with Gasteiger partial charge in [0.15, 0.2) is 11.5 Å². The molecule has 2 fully saturated rings. The molecule has 0 aromatic heterocycles. The predicted octanol–water partition coefficient (Wildman–Crippen LogP) is 5.97. The minimum Gasteiger partial charge on any atom is -0.493 e. The summed E-state index contributed by atoms with van der Waals surface area (Å²) in [5.41, 5.74) is 3.72. The van der Waals surface area contributed by atoms with E-state index in [0.717, 1.165) is 81.9 Å². The first-order chi connectivity index (χ1) is 18.7. The van der Waals surface area contributed by atoms with Gasteiger partial charge in [-0.25, -0.2) is 0 Å². The average Bonchev–Trinajstić information content (AvgIpc) is 2.97. The summed E-state index contributed by atoms with van der Waals surface area (Å²) in [5.74, 6) is 2.64. The summed E-state index contributed by atoms with van der Waals surface area (Å²) < 4.78 is 11.7. The van der Waals surface area contributed by atoms with Crippen molar-refractivity contribution >= 4 is 5.91 Å². The molecular formula is C33H40N2O3. The van der Waals surface area contributed by atoms with Gasteiger partial charge in [0, 0.05) is 26.2 Å². The fourth-order valence-corrected chi connectivity index (χ4v) is 5.89. The second-order valence-corrected chi connectivity index (χ2v) is 10.8. The number of hydrogen-bond donors (Lipinski definition) is 0. The molecule has 0 aliphatic carbocycles. The first-order valence-electron chi connectivity index (χ1n) is 14.1. The maximum atomic E-state index is 13.4. The van der Waals surface area contributed by atoms with Gasteiger partial charge in [0.05, 0.1) is 13.0 Å². The monoisotopic (exact) mass is 512 g/mol. The van der Waals surface area contributed by atoms with Gasteiger partial charge in [-0.1, -0.05) is 66.7 Å². The maximum Gasteiger partial charge on any atom is 0.226 e. The number of likely N-dealkylation sites (tertiary alicyclic amines) is 2. The van der Waals surface area contributed by atoms with E-state index in [1.807, 2.05) is 24.3 Å². The summed E-state index contributed by atoms with van der Waals surface area (Å²) in [6.45, 7) is 4.98. The van der Waals surface area contributed by atoms with Crippen molar-refractivity contribution in [1.82, 2.24) is 9.80 Å². The Hall–Kier alpha value is -3.31. The molecule has 3 aromatic carbocycles. The van der Waals surface area contributed by atoms with E-state index in [9.17, 15) is 4.79 Å². The molecule has 2 aliphatic rings. The lowest BCUT2D eigenvalue weighted by Gasteiger charge is -2.38. The highest BCUT2D eigenvalue weighted by atomic mass is 16.5. The van der Waals surface area contributed by atoms with Crippen LogP contribution in [0, 0.1) is 11.8 Å². The Morgan fingerprint density at radius 1 is 0.816 bits per heavy atom. The van der Waals surface area contributed by atoms with Crippen LogP contribution >= 0.6 is 0 Å². The summed E-state index contributed by atoms with van der Waals surface area (Å²) in [4.78, 5) is 18.0. The number of benzene rings is 3. The Balaban J connectivity index is 1.12. The molecule has 38 heavy (non-hydrogen) atoms. The van der Waals surface area contributed by atoms with Crippen LogP contribution < -0.4 is 9.47 Å². The van der Waals surface area contributed by atoms with Crippen molar-refractivity contribution in [3.8, 4) is 11.5 Å². The summed E-state index contributed by atoms with van der Waals surface area (Å²) in [5, 5.41) is 0. The molecule has 5 nitrogen and oxygen atoms in total. The van der Waals surface area contributed by atoms with Crippen LogP contribution in [0.5, 0.6) is 11.5 Å². The molecule has 1 amide bonds. The zero-order valence-electron chi connectivity index (χ0n) is 22.6. The Labute approximate surface area is 227 Å². The topological polar surface area (TPSA) is 42.0 Å². The first-order valence-corrected chi connectivity index (χ1v) is 14.1. The van der Waals surface area contributed by atoms with E-state index in [2.05, 4.69) is 64.4 Å². The normalized spacial score (nSPS) is 18.8. The minimum atomic E-state index is 0.102. The van der Waals surface area contributed by atoms with Gasteiger partial charge in [0.25, 0.3) is 0 Å². The average molecular weight is 513 g/mol.